The Balaban J connectivity index is 2.13. The third-order valence-electron chi connectivity index (χ3n) is 4.15. The first kappa shape index (κ1) is 20.5. The van der Waals surface area contributed by atoms with Crippen LogP contribution >= 0.6 is 11.6 Å². The third kappa shape index (κ3) is 5.33. The summed E-state index contributed by atoms with van der Waals surface area (Å²) < 4.78 is 23.5. The summed E-state index contributed by atoms with van der Waals surface area (Å²) >= 11 is 5.92. The van der Waals surface area contributed by atoms with Gasteiger partial charge in [0.05, 0.1) is 22.2 Å². The Bertz CT molecular complexity index is 797. The van der Waals surface area contributed by atoms with E-state index >= 15 is 0 Å². The van der Waals surface area contributed by atoms with Gasteiger partial charge in [-0.3, -0.25) is 9.59 Å². The van der Waals surface area contributed by atoms with Gasteiger partial charge in [0.25, 0.3) is 0 Å². The topological polar surface area (TPSA) is 113 Å². The monoisotopic (exact) mass is 402 g/mol. The van der Waals surface area contributed by atoms with Crippen molar-refractivity contribution in [2.24, 2.45) is 0 Å². The molecular formula is C16H23ClN4O4S. The number of hydrogen-bond acceptors (Lipinski definition) is 6. The van der Waals surface area contributed by atoms with Crippen molar-refractivity contribution in [1.29, 1.82) is 0 Å². The Morgan fingerprint density at radius 2 is 2.00 bits per heavy atom. The van der Waals surface area contributed by atoms with Crippen molar-refractivity contribution in [2.75, 3.05) is 49.7 Å². The maximum atomic E-state index is 12.7. The molecule has 144 valence electrons. The molecule has 26 heavy (non-hydrogen) atoms. The maximum absolute atomic E-state index is 12.7. The molecule has 1 unspecified atom stereocenters. The number of hydrogen-bond donors (Lipinski definition) is 2. The highest BCUT2D eigenvalue weighted by atomic mass is 35.5. The molecule has 8 nitrogen and oxygen atoms in total. The lowest BCUT2D eigenvalue weighted by molar-refractivity contribution is -0.144. The molecule has 1 saturated heterocycles. The van der Waals surface area contributed by atoms with Gasteiger partial charge in [-0.1, -0.05) is 11.6 Å². The van der Waals surface area contributed by atoms with E-state index in [1.54, 1.807) is 0 Å². The predicted octanol–water partition coefficient (Wildman–Crippen LogP) is 0.438. The summed E-state index contributed by atoms with van der Waals surface area (Å²) in [5, 5.41) is 2.75. The van der Waals surface area contributed by atoms with Crippen LogP contribution in [0.3, 0.4) is 0 Å². The van der Waals surface area contributed by atoms with Crippen LogP contribution in [0.4, 0.5) is 11.4 Å². The molecule has 0 saturated carbocycles. The Hall–Kier alpha value is -1.84. The molecule has 0 aromatic heterocycles. The first-order valence-electron chi connectivity index (χ1n) is 8.11. The molecule has 1 aromatic rings. The molecule has 0 radical (unpaired) electrons. The van der Waals surface area contributed by atoms with Crippen LogP contribution in [0, 0.1) is 0 Å². The van der Waals surface area contributed by atoms with E-state index in [9.17, 15) is 18.0 Å². The Morgan fingerprint density at radius 1 is 1.31 bits per heavy atom. The van der Waals surface area contributed by atoms with Crippen LogP contribution in [0.5, 0.6) is 0 Å². The molecule has 1 aliphatic rings. The highest BCUT2D eigenvalue weighted by Crippen LogP contribution is 2.23. The Morgan fingerprint density at radius 3 is 2.54 bits per heavy atom. The van der Waals surface area contributed by atoms with Crippen molar-refractivity contribution >= 4 is 44.6 Å². The number of nitrogens with zero attached hydrogens (tertiary/aromatic N) is 2. The molecule has 1 heterocycles. The number of amides is 2. The number of carbonyl (C=O) groups excluding carboxylic acids is 2. The average molecular weight is 403 g/mol. The van der Waals surface area contributed by atoms with Crippen molar-refractivity contribution in [3.05, 3.63) is 23.2 Å². The van der Waals surface area contributed by atoms with Gasteiger partial charge in [-0.2, -0.15) is 0 Å². The van der Waals surface area contributed by atoms with E-state index < -0.39 is 27.7 Å². The minimum absolute atomic E-state index is 0.0264. The van der Waals surface area contributed by atoms with E-state index in [-0.39, 0.29) is 23.1 Å². The fraction of sp³-hybridized carbons (Fsp3) is 0.500. The van der Waals surface area contributed by atoms with Gasteiger partial charge in [-0.15, -0.1) is 0 Å². The summed E-state index contributed by atoms with van der Waals surface area (Å²) in [7, 11) is 0.498. The summed E-state index contributed by atoms with van der Waals surface area (Å²) in [5.74, 6) is -1.69. The molecule has 0 spiro atoms. The number of nitrogens with one attached hydrogen (secondary N) is 1. The molecule has 2 amide bonds. The van der Waals surface area contributed by atoms with Gasteiger partial charge in [0.2, 0.25) is 0 Å². The molecule has 1 fully saturated rings. The van der Waals surface area contributed by atoms with Gasteiger partial charge in [-0.25, -0.2) is 8.42 Å². The predicted molar refractivity (Wildman–Crippen MR) is 102 cm³/mol. The number of anilines is 2. The minimum atomic E-state index is -3.18. The van der Waals surface area contributed by atoms with E-state index in [4.69, 9.17) is 17.3 Å². The molecule has 10 heteroatoms. The van der Waals surface area contributed by atoms with Crippen molar-refractivity contribution in [3.8, 4) is 0 Å². The summed E-state index contributed by atoms with van der Waals surface area (Å²) in [6, 6.07) is 4.02. The molecule has 1 aliphatic heterocycles. The molecule has 0 bridgehead atoms. The molecular weight excluding hydrogens is 380 g/mol. The van der Waals surface area contributed by atoms with E-state index in [1.165, 1.54) is 23.1 Å². The summed E-state index contributed by atoms with van der Waals surface area (Å²) in [6.07, 6.45) is 0.336. The highest BCUT2D eigenvalue weighted by Gasteiger charge is 2.36. The van der Waals surface area contributed by atoms with Crippen LogP contribution in [0.2, 0.25) is 5.02 Å². The van der Waals surface area contributed by atoms with E-state index in [0.717, 1.165) is 0 Å². The van der Waals surface area contributed by atoms with Crippen molar-refractivity contribution in [3.63, 3.8) is 0 Å². The zero-order chi connectivity index (χ0) is 19.5. The average Bonchev–Trinajstić information content (AvgIpc) is 2.90. The van der Waals surface area contributed by atoms with Gasteiger partial charge < -0.3 is 20.9 Å². The fourth-order valence-corrected chi connectivity index (χ4v) is 4.61. The quantitative estimate of drug-likeness (QED) is 0.545. The zero-order valence-electron chi connectivity index (χ0n) is 14.7. The van der Waals surface area contributed by atoms with Gasteiger partial charge in [0, 0.05) is 24.8 Å². The van der Waals surface area contributed by atoms with Crippen LogP contribution in [0.25, 0.3) is 0 Å². The lowest BCUT2D eigenvalue weighted by atomic mass is 10.2. The first-order chi connectivity index (χ1) is 12.1. The first-order valence-corrected chi connectivity index (χ1v) is 10.3. The van der Waals surface area contributed by atoms with Crippen molar-refractivity contribution in [2.45, 2.75) is 12.5 Å². The number of nitrogen functional groups attached to an aromatic ring is 1. The van der Waals surface area contributed by atoms with E-state index in [2.05, 4.69) is 5.32 Å². The van der Waals surface area contributed by atoms with Gasteiger partial charge in [0.15, 0.2) is 9.84 Å². The summed E-state index contributed by atoms with van der Waals surface area (Å²) in [4.78, 5) is 28.2. The second kappa shape index (κ2) is 8.24. The number of sulfone groups is 1. The number of nitrogens with two attached hydrogens (primary N) is 1. The van der Waals surface area contributed by atoms with E-state index in [1.807, 2.05) is 19.0 Å². The van der Waals surface area contributed by atoms with E-state index in [0.29, 0.717) is 24.3 Å². The second-order valence-corrected chi connectivity index (χ2v) is 9.19. The van der Waals surface area contributed by atoms with Crippen LogP contribution in [0.15, 0.2) is 18.2 Å². The third-order valence-corrected chi connectivity index (χ3v) is 6.23. The number of rotatable bonds is 5. The van der Waals surface area contributed by atoms with Crippen LogP contribution in [-0.4, -0.2) is 74.8 Å². The Kier molecular flexibility index (Phi) is 6.48. The number of halogens is 1. The SMILES string of the molecule is CN(C)CCN(C(=O)C(=O)Nc1ccc(N)c(Cl)c1)C1CCS(=O)(=O)C1. The molecule has 2 rings (SSSR count). The number of benzene rings is 1. The van der Waals surface area contributed by atoms with Crippen LogP contribution in [0.1, 0.15) is 6.42 Å². The highest BCUT2D eigenvalue weighted by molar-refractivity contribution is 7.91. The van der Waals surface area contributed by atoms with Gasteiger partial charge >= 0.3 is 11.8 Å². The molecule has 1 aromatic carbocycles. The van der Waals surface area contributed by atoms with Crippen LogP contribution < -0.4 is 11.1 Å². The smallest absolute Gasteiger partial charge is 0.313 e. The molecule has 3 N–H and O–H groups in total. The normalized spacial score (nSPS) is 18.7. The molecule has 1 atom stereocenters. The molecule has 0 aliphatic carbocycles. The van der Waals surface area contributed by atoms with Crippen molar-refractivity contribution < 1.29 is 18.0 Å². The summed E-state index contributed by atoms with van der Waals surface area (Å²) in [5.41, 5.74) is 6.32. The standard InChI is InChI=1S/C16H23ClN4O4S/c1-20(2)6-7-21(12-5-8-26(24,25)10-12)16(23)15(22)19-11-3-4-14(18)13(17)9-11/h3-4,9,12H,5-8,10,18H2,1-2H3,(H,19,22). The van der Waals surface area contributed by atoms with Crippen molar-refractivity contribution in [1.82, 2.24) is 9.80 Å². The zero-order valence-corrected chi connectivity index (χ0v) is 16.3. The lowest BCUT2D eigenvalue weighted by Crippen LogP contribution is -2.48. The fourth-order valence-electron chi connectivity index (χ4n) is 2.70. The number of likely N-dealkylation sites (N-methyl/N-ethyl adjacent to an activating group) is 1. The van der Waals surface area contributed by atoms with Crippen LogP contribution in [-0.2, 0) is 19.4 Å². The second-order valence-electron chi connectivity index (χ2n) is 6.55. The van der Waals surface area contributed by atoms with Gasteiger partial charge in [-0.05, 0) is 38.7 Å². The van der Waals surface area contributed by atoms with Gasteiger partial charge in [0.1, 0.15) is 0 Å². The summed E-state index contributed by atoms with van der Waals surface area (Å²) in [6.45, 7) is 0.783. The number of carbonyl (C=O) groups is 2. The lowest BCUT2D eigenvalue weighted by Gasteiger charge is -2.28. The largest absolute Gasteiger partial charge is 0.398 e. The Labute approximate surface area is 158 Å². The maximum Gasteiger partial charge on any atom is 0.313 e. The minimum Gasteiger partial charge on any atom is -0.398 e.